The number of nitrogens with two attached hydrogens (primary N) is 1. The third-order valence-electron chi connectivity index (χ3n) is 4.13. The lowest BCUT2D eigenvalue weighted by Crippen LogP contribution is -2.44. The molecule has 0 bridgehead atoms. The van der Waals surface area contributed by atoms with Crippen molar-refractivity contribution in [3.05, 3.63) is 42.1 Å². The van der Waals surface area contributed by atoms with Gasteiger partial charge >= 0.3 is 0 Å². The van der Waals surface area contributed by atoms with Crippen molar-refractivity contribution in [2.75, 3.05) is 26.2 Å². The fourth-order valence-corrected chi connectivity index (χ4v) is 2.96. The van der Waals surface area contributed by atoms with Gasteiger partial charge in [-0.05, 0) is 32.0 Å². The first kappa shape index (κ1) is 16.9. The molecule has 2 aliphatic rings. The summed E-state index contributed by atoms with van der Waals surface area (Å²) in [5, 5.41) is 8.25. The van der Waals surface area contributed by atoms with Crippen molar-refractivity contribution >= 4 is 18.1 Å². The quantitative estimate of drug-likeness (QED) is 0.864. The van der Waals surface area contributed by atoms with Gasteiger partial charge in [0, 0.05) is 17.4 Å². The molecule has 2 heterocycles. The highest BCUT2D eigenvalue weighted by Crippen LogP contribution is 2.30. The summed E-state index contributed by atoms with van der Waals surface area (Å²) < 4.78 is 13.7. The maximum Gasteiger partial charge on any atom is 0.208 e. The van der Waals surface area contributed by atoms with Crippen LogP contribution < -0.4 is 10.3 Å². The molecule has 1 aromatic carbocycles. The van der Waals surface area contributed by atoms with E-state index in [4.69, 9.17) is 5.73 Å². The van der Waals surface area contributed by atoms with Gasteiger partial charge in [-0.1, -0.05) is 17.6 Å². The van der Waals surface area contributed by atoms with Crippen LogP contribution in [0.3, 0.4) is 0 Å². The number of halogens is 2. The maximum atomic E-state index is 13.5. The van der Waals surface area contributed by atoms with Crippen LogP contribution in [0.2, 0.25) is 0 Å². The van der Waals surface area contributed by atoms with E-state index >= 15 is 0 Å². The van der Waals surface area contributed by atoms with Crippen molar-refractivity contribution in [2.24, 2.45) is 16.1 Å². The molecule has 0 radical (unpaired) electrons. The highest BCUT2D eigenvalue weighted by Gasteiger charge is 2.35. The number of hydrogen-bond acceptors (Lipinski definition) is 4. The highest BCUT2D eigenvalue weighted by molar-refractivity contribution is 5.85. The molecule has 1 fully saturated rings. The van der Waals surface area contributed by atoms with Gasteiger partial charge in [-0.15, -0.1) is 17.0 Å². The van der Waals surface area contributed by atoms with Crippen LogP contribution in [0.4, 0.5) is 10.1 Å². The van der Waals surface area contributed by atoms with Gasteiger partial charge in [0.05, 0.1) is 6.54 Å². The lowest BCUT2D eigenvalue weighted by Gasteiger charge is -2.30. The first-order valence-electron chi connectivity index (χ1n) is 7.46. The summed E-state index contributed by atoms with van der Waals surface area (Å²) in [6, 6.07) is 6.51. The molecular formula is C15H22ClFN5+. The first-order chi connectivity index (χ1) is 10.2. The molecular weight excluding hydrogens is 305 g/mol. The minimum atomic E-state index is -0.267. The van der Waals surface area contributed by atoms with Gasteiger partial charge in [0.1, 0.15) is 12.4 Å². The normalized spacial score (nSPS) is 24.9. The van der Waals surface area contributed by atoms with E-state index < -0.39 is 0 Å². The topological polar surface area (TPSA) is 54.0 Å². The number of likely N-dealkylation sites (tertiary alicyclic amines) is 1. The molecule has 5 nitrogen and oxygen atoms in total. The van der Waals surface area contributed by atoms with Crippen molar-refractivity contribution in [1.29, 1.82) is 0 Å². The van der Waals surface area contributed by atoms with Crippen LogP contribution >= 0.6 is 12.4 Å². The summed E-state index contributed by atoms with van der Waals surface area (Å²) in [4.78, 5) is 2.43. The van der Waals surface area contributed by atoms with Crippen molar-refractivity contribution in [3.8, 4) is 0 Å². The molecule has 2 aliphatic heterocycles. The Morgan fingerprint density at radius 3 is 2.64 bits per heavy atom. The van der Waals surface area contributed by atoms with E-state index in [2.05, 4.69) is 15.2 Å². The smallest absolute Gasteiger partial charge is 0.208 e. The maximum absolute atomic E-state index is 13.5. The second-order valence-electron chi connectivity index (χ2n) is 5.68. The van der Waals surface area contributed by atoms with Gasteiger partial charge in [0.25, 0.3) is 0 Å². The molecule has 120 valence electrons. The van der Waals surface area contributed by atoms with Crippen molar-refractivity contribution in [3.63, 3.8) is 0 Å². The summed E-state index contributed by atoms with van der Waals surface area (Å²) in [5.74, 6) is 0.120. The van der Waals surface area contributed by atoms with Gasteiger partial charge in [-0.25, -0.2) is 4.39 Å². The summed E-state index contributed by atoms with van der Waals surface area (Å²) in [7, 11) is 0. The molecule has 0 aliphatic carbocycles. The Kier molecular flexibility index (Phi) is 5.50. The van der Waals surface area contributed by atoms with Crippen LogP contribution in [0.25, 0.3) is 0 Å². The zero-order valence-electron chi connectivity index (χ0n) is 12.5. The molecule has 0 aromatic heterocycles. The minimum absolute atomic E-state index is 0. The molecule has 2 N–H and O–H groups in total. The Morgan fingerprint density at radius 1 is 1.23 bits per heavy atom. The third kappa shape index (κ3) is 3.63. The van der Waals surface area contributed by atoms with Gasteiger partial charge in [-0.2, -0.15) is 0 Å². The highest BCUT2D eigenvalue weighted by atomic mass is 35.5. The number of benzene rings is 1. The molecule has 1 saturated heterocycles. The Bertz CT molecular complexity index is 571. The molecule has 22 heavy (non-hydrogen) atoms. The molecule has 7 heteroatoms. The van der Waals surface area contributed by atoms with Crippen LogP contribution in [0, 0.1) is 5.82 Å². The Labute approximate surface area is 136 Å². The Hall–Kier alpha value is -1.50. The molecule has 1 unspecified atom stereocenters. The van der Waals surface area contributed by atoms with Gasteiger partial charge < -0.3 is 5.73 Å². The molecule has 3 rings (SSSR count). The molecule has 0 amide bonds. The molecule has 0 spiro atoms. The average molecular weight is 327 g/mol. The second-order valence-corrected chi connectivity index (χ2v) is 5.68. The summed E-state index contributed by atoms with van der Waals surface area (Å²) >= 11 is 0. The number of nitrogens with zero attached hydrogens (tertiary/aromatic N) is 4. The number of piperidine rings is 1. The zero-order valence-corrected chi connectivity index (χ0v) is 13.3. The second kappa shape index (κ2) is 7.17. The molecule has 1 aromatic rings. The zero-order chi connectivity index (χ0) is 14.7. The predicted molar refractivity (Wildman–Crippen MR) is 87.7 cm³/mol. The van der Waals surface area contributed by atoms with Crippen LogP contribution in [-0.2, 0) is 0 Å². The van der Waals surface area contributed by atoms with Crippen molar-refractivity contribution in [2.45, 2.75) is 19.3 Å². The van der Waals surface area contributed by atoms with Crippen LogP contribution in [0.15, 0.2) is 46.6 Å². The predicted octanol–water partition coefficient (Wildman–Crippen LogP) is 3.18. The van der Waals surface area contributed by atoms with Crippen LogP contribution in [-0.4, -0.2) is 31.1 Å². The van der Waals surface area contributed by atoms with Crippen molar-refractivity contribution in [1.82, 2.24) is 9.49 Å². The SMILES string of the molecule is Cl.NC1=C[N+](CCN2CCCCC2)(c2cccc(F)c2)N=N1. The number of rotatable bonds is 4. The summed E-state index contributed by atoms with van der Waals surface area (Å²) in [6.07, 6.45) is 5.60. The first-order valence-corrected chi connectivity index (χ1v) is 7.46. The number of quaternary nitrogens is 1. The van der Waals surface area contributed by atoms with E-state index in [0.29, 0.717) is 12.4 Å². The lowest BCUT2D eigenvalue weighted by atomic mass is 10.1. The monoisotopic (exact) mass is 326 g/mol. The largest absolute Gasteiger partial charge is 0.378 e. The van der Waals surface area contributed by atoms with Gasteiger partial charge in [0.15, 0.2) is 11.9 Å². The fourth-order valence-electron chi connectivity index (χ4n) is 2.96. The minimum Gasteiger partial charge on any atom is -0.378 e. The summed E-state index contributed by atoms with van der Waals surface area (Å²) in [5.41, 5.74) is 6.53. The standard InChI is InChI=1S/C15H21FN5.ClH/c16-13-5-4-6-14(11-13)21(12-15(17)18-19-21)10-9-20-7-2-1-3-8-20;/h4-6,11-12H,1-3,7-10,17H2;1H/q+1;. The third-order valence-corrected chi connectivity index (χ3v) is 4.13. The van der Waals surface area contributed by atoms with Gasteiger partial charge in [0.2, 0.25) is 5.82 Å². The van der Waals surface area contributed by atoms with Crippen LogP contribution in [0.1, 0.15) is 19.3 Å². The van der Waals surface area contributed by atoms with Crippen molar-refractivity contribution < 1.29 is 4.39 Å². The lowest BCUT2D eigenvalue weighted by molar-refractivity contribution is 0.205. The van der Waals surface area contributed by atoms with E-state index in [1.54, 1.807) is 12.3 Å². The van der Waals surface area contributed by atoms with E-state index in [-0.39, 0.29) is 22.8 Å². The van der Waals surface area contributed by atoms with E-state index in [1.807, 2.05) is 6.07 Å². The Morgan fingerprint density at radius 2 is 2.00 bits per heavy atom. The Balaban J connectivity index is 0.00000176. The average Bonchev–Trinajstić information content (AvgIpc) is 2.89. The van der Waals surface area contributed by atoms with Crippen LogP contribution in [0.5, 0.6) is 0 Å². The fraction of sp³-hybridized carbons (Fsp3) is 0.467. The van der Waals surface area contributed by atoms with E-state index in [0.717, 1.165) is 25.3 Å². The van der Waals surface area contributed by atoms with E-state index in [9.17, 15) is 4.39 Å². The molecule has 1 atom stereocenters. The molecule has 0 saturated carbocycles. The summed E-state index contributed by atoms with van der Waals surface area (Å²) in [6.45, 7) is 3.87. The van der Waals surface area contributed by atoms with E-state index in [1.165, 1.54) is 31.4 Å². The van der Waals surface area contributed by atoms with Gasteiger partial charge in [-0.3, -0.25) is 4.90 Å². The number of hydrogen-bond donors (Lipinski definition) is 1.